The van der Waals surface area contributed by atoms with E-state index in [9.17, 15) is 0 Å². The SMILES string of the molecule is Clc1ccc(C2=CCNC(CCCCc3cccc4[nH]ccc34)C2)cc1. The molecule has 1 aromatic heterocycles. The number of aromatic amines is 1. The molecule has 134 valence electrons. The van der Waals surface area contributed by atoms with Crippen LogP contribution in [0.3, 0.4) is 0 Å². The first-order valence-corrected chi connectivity index (χ1v) is 9.91. The molecule has 0 spiro atoms. The molecule has 0 bridgehead atoms. The average molecular weight is 365 g/mol. The highest BCUT2D eigenvalue weighted by atomic mass is 35.5. The Bertz CT molecular complexity index is 892. The van der Waals surface area contributed by atoms with Crippen LogP contribution in [0, 0.1) is 0 Å². The van der Waals surface area contributed by atoms with Gasteiger partial charge in [0.25, 0.3) is 0 Å². The Hall–Kier alpha value is -2.03. The van der Waals surface area contributed by atoms with Crippen molar-refractivity contribution in [3.05, 3.63) is 77.0 Å². The van der Waals surface area contributed by atoms with E-state index in [2.05, 4.69) is 52.8 Å². The van der Waals surface area contributed by atoms with Gasteiger partial charge in [-0.2, -0.15) is 0 Å². The Morgan fingerprint density at radius 2 is 1.88 bits per heavy atom. The minimum Gasteiger partial charge on any atom is -0.361 e. The van der Waals surface area contributed by atoms with Crippen molar-refractivity contribution in [3.8, 4) is 0 Å². The van der Waals surface area contributed by atoms with Gasteiger partial charge >= 0.3 is 0 Å². The Kier molecular flexibility index (Phi) is 5.42. The quantitative estimate of drug-likeness (QED) is 0.517. The number of benzene rings is 2. The molecular weight excluding hydrogens is 340 g/mol. The van der Waals surface area contributed by atoms with Crippen molar-refractivity contribution in [1.82, 2.24) is 10.3 Å². The molecule has 0 radical (unpaired) electrons. The minimum atomic E-state index is 0.578. The maximum Gasteiger partial charge on any atom is 0.0456 e. The number of unbranched alkanes of at least 4 members (excludes halogenated alkanes) is 1. The van der Waals surface area contributed by atoms with Crippen LogP contribution in [0.5, 0.6) is 0 Å². The van der Waals surface area contributed by atoms with Crippen LogP contribution in [-0.4, -0.2) is 17.6 Å². The molecule has 3 aromatic rings. The second-order valence-corrected chi connectivity index (χ2v) is 7.58. The second kappa shape index (κ2) is 8.11. The van der Waals surface area contributed by atoms with E-state index in [1.54, 1.807) is 0 Å². The third-order valence-corrected chi connectivity index (χ3v) is 5.62. The maximum atomic E-state index is 6.01. The predicted molar refractivity (Wildman–Crippen MR) is 112 cm³/mol. The molecule has 4 rings (SSSR count). The summed E-state index contributed by atoms with van der Waals surface area (Å²) in [6.07, 6.45) is 10.3. The third kappa shape index (κ3) is 4.03. The Balaban J connectivity index is 1.28. The van der Waals surface area contributed by atoms with Crippen molar-refractivity contribution in [3.63, 3.8) is 0 Å². The number of aromatic nitrogens is 1. The minimum absolute atomic E-state index is 0.578. The molecule has 1 unspecified atom stereocenters. The highest BCUT2D eigenvalue weighted by molar-refractivity contribution is 6.30. The first kappa shape index (κ1) is 17.4. The number of nitrogens with one attached hydrogen (secondary N) is 2. The summed E-state index contributed by atoms with van der Waals surface area (Å²) in [5.41, 5.74) is 5.46. The van der Waals surface area contributed by atoms with E-state index in [1.807, 2.05) is 18.3 Å². The summed E-state index contributed by atoms with van der Waals surface area (Å²) in [7, 11) is 0. The number of halogens is 1. The molecular formula is C23H25ClN2. The Morgan fingerprint density at radius 3 is 2.77 bits per heavy atom. The van der Waals surface area contributed by atoms with Crippen molar-refractivity contribution in [2.75, 3.05) is 6.54 Å². The van der Waals surface area contributed by atoms with Gasteiger partial charge in [-0.05, 0) is 66.6 Å². The molecule has 2 N–H and O–H groups in total. The lowest BCUT2D eigenvalue weighted by atomic mass is 9.92. The van der Waals surface area contributed by atoms with Gasteiger partial charge in [0.1, 0.15) is 0 Å². The third-order valence-electron chi connectivity index (χ3n) is 5.37. The lowest BCUT2D eigenvalue weighted by molar-refractivity contribution is 0.477. The van der Waals surface area contributed by atoms with Crippen LogP contribution >= 0.6 is 11.6 Å². The van der Waals surface area contributed by atoms with E-state index in [0.717, 1.165) is 24.4 Å². The first-order valence-electron chi connectivity index (χ1n) is 9.53. The van der Waals surface area contributed by atoms with Gasteiger partial charge in [0.05, 0.1) is 0 Å². The second-order valence-electron chi connectivity index (χ2n) is 7.15. The number of rotatable bonds is 6. The van der Waals surface area contributed by atoms with E-state index in [1.165, 1.54) is 46.9 Å². The van der Waals surface area contributed by atoms with Crippen LogP contribution in [0.1, 0.15) is 36.8 Å². The van der Waals surface area contributed by atoms with Crippen LogP contribution < -0.4 is 5.32 Å². The van der Waals surface area contributed by atoms with E-state index in [-0.39, 0.29) is 0 Å². The molecule has 1 aliphatic rings. The average Bonchev–Trinajstić information content (AvgIpc) is 3.16. The first-order chi connectivity index (χ1) is 12.8. The van der Waals surface area contributed by atoms with Crippen molar-refractivity contribution >= 4 is 28.1 Å². The van der Waals surface area contributed by atoms with Gasteiger partial charge < -0.3 is 10.3 Å². The summed E-state index contributed by atoms with van der Waals surface area (Å²) in [6.45, 7) is 0.964. The predicted octanol–water partition coefficient (Wildman–Crippen LogP) is 5.98. The van der Waals surface area contributed by atoms with Crippen LogP contribution in [-0.2, 0) is 6.42 Å². The Morgan fingerprint density at radius 1 is 1.00 bits per heavy atom. The van der Waals surface area contributed by atoms with E-state index in [0.29, 0.717) is 6.04 Å². The van der Waals surface area contributed by atoms with Crippen LogP contribution in [0.2, 0.25) is 5.02 Å². The fourth-order valence-corrected chi connectivity index (χ4v) is 4.07. The van der Waals surface area contributed by atoms with Crippen molar-refractivity contribution in [2.24, 2.45) is 0 Å². The van der Waals surface area contributed by atoms with Gasteiger partial charge in [-0.15, -0.1) is 0 Å². The lowest BCUT2D eigenvalue weighted by Gasteiger charge is -2.24. The summed E-state index contributed by atoms with van der Waals surface area (Å²) in [6, 6.07) is 17.6. The van der Waals surface area contributed by atoms with Gasteiger partial charge in [0.2, 0.25) is 0 Å². The van der Waals surface area contributed by atoms with Crippen molar-refractivity contribution in [1.29, 1.82) is 0 Å². The summed E-state index contributed by atoms with van der Waals surface area (Å²) >= 11 is 6.01. The fourth-order valence-electron chi connectivity index (χ4n) is 3.95. The normalized spacial score (nSPS) is 17.4. The number of hydrogen-bond acceptors (Lipinski definition) is 1. The van der Waals surface area contributed by atoms with Crippen LogP contribution in [0.15, 0.2) is 60.8 Å². The molecule has 0 fully saturated rings. The number of fused-ring (bicyclic) bond motifs is 1. The zero-order valence-corrected chi connectivity index (χ0v) is 15.7. The summed E-state index contributed by atoms with van der Waals surface area (Å²) in [4.78, 5) is 3.30. The van der Waals surface area contributed by atoms with Crippen molar-refractivity contribution in [2.45, 2.75) is 38.1 Å². The van der Waals surface area contributed by atoms with Gasteiger partial charge in [0, 0.05) is 34.7 Å². The number of hydrogen-bond donors (Lipinski definition) is 2. The Labute approximate surface area is 160 Å². The largest absolute Gasteiger partial charge is 0.361 e. The van der Waals surface area contributed by atoms with E-state index < -0.39 is 0 Å². The number of aryl methyl sites for hydroxylation is 1. The van der Waals surface area contributed by atoms with E-state index >= 15 is 0 Å². The highest BCUT2D eigenvalue weighted by Crippen LogP contribution is 2.26. The molecule has 0 saturated heterocycles. The maximum absolute atomic E-state index is 6.01. The molecule has 3 heteroatoms. The van der Waals surface area contributed by atoms with Crippen LogP contribution in [0.4, 0.5) is 0 Å². The highest BCUT2D eigenvalue weighted by Gasteiger charge is 2.15. The molecule has 1 aliphatic heterocycles. The molecule has 26 heavy (non-hydrogen) atoms. The summed E-state index contributed by atoms with van der Waals surface area (Å²) < 4.78 is 0. The van der Waals surface area contributed by atoms with Crippen LogP contribution in [0.25, 0.3) is 16.5 Å². The van der Waals surface area contributed by atoms with E-state index in [4.69, 9.17) is 11.6 Å². The summed E-state index contributed by atoms with van der Waals surface area (Å²) in [5, 5.41) is 5.82. The van der Waals surface area contributed by atoms with Crippen molar-refractivity contribution < 1.29 is 0 Å². The summed E-state index contributed by atoms with van der Waals surface area (Å²) in [5.74, 6) is 0. The molecule has 2 nitrogen and oxygen atoms in total. The standard InChI is InChI=1S/C23H25ClN2/c24-20-10-8-17(9-11-20)19-12-14-25-21(16-19)6-2-1-4-18-5-3-7-23-22(18)13-15-26-23/h3,5,7-13,15,21,25-26H,1-2,4,6,14,16H2. The molecule has 0 saturated carbocycles. The molecule has 2 heterocycles. The van der Waals surface area contributed by atoms with Gasteiger partial charge in [-0.3, -0.25) is 0 Å². The van der Waals surface area contributed by atoms with Gasteiger partial charge in [-0.25, -0.2) is 0 Å². The molecule has 0 aliphatic carbocycles. The topological polar surface area (TPSA) is 27.8 Å². The number of H-pyrrole nitrogens is 1. The monoisotopic (exact) mass is 364 g/mol. The fraction of sp³-hybridized carbons (Fsp3) is 0.304. The lowest BCUT2D eigenvalue weighted by Crippen LogP contribution is -2.32. The smallest absolute Gasteiger partial charge is 0.0456 e. The zero-order valence-electron chi connectivity index (χ0n) is 15.0. The zero-order chi connectivity index (χ0) is 17.8. The molecule has 0 amide bonds. The molecule has 1 atom stereocenters. The van der Waals surface area contributed by atoms with Gasteiger partial charge in [-0.1, -0.05) is 48.4 Å². The molecule has 2 aromatic carbocycles. The van der Waals surface area contributed by atoms with Gasteiger partial charge in [0.15, 0.2) is 0 Å².